The van der Waals surface area contributed by atoms with Crippen LogP contribution in [0.15, 0.2) is 71.6 Å². The van der Waals surface area contributed by atoms with Crippen molar-refractivity contribution in [3.05, 3.63) is 81.8 Å². The average molecular weight is 719 g/mol. The zero-order chi connectivity index (χ0) is 33.5. The number of sulfonamides is 1. The number of halogens is 6. The average Bonchev–Trinajstić information content (AvgIpc) is 3.00. The maximum atomic E-state index is 12.7. The van der Waals surface area contributed by atoms with Gasteiger partial charge >= 0.3 is 12.1 Å². The van der Waals surface area contributed by atoms with Crippen molar-refractivity contribution in [3.63, 3.8) is 0 Å². The topological polar surface area (TPSA) is 133 Å². The summed E-state index contributed by atoms with van der Waals surface area (Å²) in [5.41, 5.74) is 1.74. The molecule has 4 aromatic rings. The van der Waals surface area contributed by atoms with Crippen molar-refractivity contribution >= 4 is 79.2 Å². The second-order valence-electron chi connectivity index (χ2n) is 10.6. The van der Waals surface area contributed by atoms with Crippen LogP contribution in [0.5, 0.6) is 0 Å². The second kappa shape index (κ2) is 15.5. The summed E-state index contributed by atoms with van der Waals surface area (Å²) in [5.74, 6) is -0.736. The molecule has 0 amide bonds. The molecule has 1 heterocycles. The number of rotatable bonds is 9. The van der Waals surface area contributed by atoms with Gasteiger partial charge in [-0.15, -0.1) is 0 Å². The third-order valence-corrected chi connectivity index (χ3v) is 9.27. The van der Waals surface area contributed by atoms with Crippen LogP contribution in [0.2, 0.25) is 15.1 Å². The standard InChI is InChI=1S/C28H28Cl3N5O2S.C2HF3O2/c29-20-9-11-23(12-10-20)34-27-25-3-1-2-4-26(25)35-28(36-27)32-16-18-5-7-19(8-6-18)17-33-39(37,38)24-14-21(30)13-22(31)15-24;3-2(4,5)1(6)7/h1-4,9-15,18-19,33H,5-8,16-17H2,(H2,32,34,35,36);(H,6,7). The maximum Gasteiger partial charge on any atom is 0.490 e. The number of aromatic nitrogens is 2. The van der Waals surface area contributed by atoms with Gasteiger partial charge in [-0.2, -0.15) is 18.2 Å². The summed E-state index contributed by atoms with van der Waals surface area (Å²) < 4.78 is 59.8. The lowest BCUT2D eigenvalue weighted by Gasteiger charge is -2.28. The SMILES string of the molecule is O=C(O)C(F)(F)F.O=S(=O)(NCC1CCC(CNc2nc(Nc3ccc(Cl)cc3)c3ccccc3n2)CC1)c1cc(Cl)cc(Cl)c1. The van der Waals surface area contributed by atoms with Crippen LogP contribution in [0.3, 0.4) is 0 Å². The summed E-state index contributed by atoms with van der Waals surface area (Å²) in [4.78, 5) is 18.4. The molecule has 0 spiro atoms. The summed E-state index contributed by atoms with van der Waals surface area (Å²) in [5, 5.41) is 16.1. The third kappa shape index (κ3) is 10.3. The molecule has 3 aromatic carbocycles. The minimum absolute atomic E-state index is 0.0817. The molecule has 1 aliphatic rings. The molecule has 1 saturated carbocycles. The number of benzene rings is 3. The van der Waals surface area contributed by atoms with Crippen molar-refractivity contribution in [1.82, 2.24) is 14.7 Å². The predicted molar refractivity (Wildman–Crippen MR) is 174 cm³/mol. The smallest absolute Gasteiger partial charge is 0.475 e. The number of para-hydroxylation sites is 1. The van der Waals surface area contributed by atoms with Gasteiger partial charge < -0.3 is 15.7 Å². The summed E-state index contributed by atoms with van der Waals surface area (Å²) >= 11 is 18.0. The Kier molecular flexibility index (Phi) is 11.9. The van der Waals surface area contributed by atoms with Gasteiger partial charge in [-0.1, -0.05) is 46.9 Å². The van der Waals surface area contributed by atoms with E-state index in [2.05, 4.69) is 15.4 Å². The van der Waals surface area contributed by atoms with Crippen LogP contribution in [0.1, 0.15) is 25.7 Å². The number of carboxylic acids is 1. The van der Waals surface area contributed by atoms with E-state index in [9.17, 15) is 21.6 Å². The Hall–Kier alpha value is -3.36. The molecule has 246 valence electrons. The van der Waals surface area contributed by atoms with Crippen LogP contribution in [0.25, 0.3) is 10.9 Å². The first-order chi connectivity index (χ1) is 21.7. The van der Waals surface area contributed by atoms with Gasteiger partial charge in [0.1, 0.15) is 5.82 Å². The zero-order valence-electron chi connectivity index (χ0n) is 24.0. The van der Waals surface area contributed by atoms with Crippen LogP contribution in [0, 0.1) is 11.8 Å². The largest absolute Gasteiger partial charge is 0.490 e. The summed E-state index contributed by atoms with van der Waals surface area (Å²) in [6.45, 7) is 1.14. The Labute approximate surface area is 278 Å². The lowest BCUT2D eigenvalue weighted by Crippen LogP contribution is -2.32. The van der Waals surface area contributed by atoms with Gasteiger partial charge in [0.05, 0.1) is 10.4 Å². The van der Waals surface area contributed by atoms with Gasteiger partial charge in [0.25, 0.3) is 0 Å². The molecule has 0 unspecified atom stereocenters. The van der Waals surface area contributed by atoms with Gasteiger partial charge in [-0.25, -0.2) is 22.9 Å². The number of carboxylic acid groups (broad SMARTS) is 1. The van der Waals surface area contributed by atoms with E-state index in [4.69, 9.17) is 54.7 Å². The molecule has 4 N–H and O–H groups in total. The number of alkyl halides is 3. The van der Waals surface area contributed by atoms with Crippen molar-refractivity contribution in [2.75, 3.05) is 23.7 Å². The molecular weight excluding hydrogens is 690 g/mol. The Bertz CT molecular complexity index is 1750. The van der Waals surface area contributed by atoms with E-state index in [-0.39, 0.29) is 10.8 Å². The van der Waals surface area contributed by atoms with E-state index in [1.54, 1.807) is 0 Å². The van der Waals surface area contributed by atoms with Gasteiger partial charge in [0.15, 0.2) is 0 Å². The van der Waals surface area contributed by atoms with Gasteiger partial charge in [-0.05, 0) is 92.1 Å². The van der Waals surface area contributed by atoms with E-state index in [0.29, 0.717) is 33.5 Å². The number of nitrogens with zero attached hydrogens (tertiary/aromatic N) is 2. The van der Waals surface area contributed by atoms with Crippen molar-refractivity contribution in [1.29, 1.82) is 0 Å². The fraction of sp³-hybridized carbons (Fsp3) is 0.300. The number of nitrogens with one attached hydrogen (secondary N) is 3. The van der Waals surface area contributed by atoms with Crippen LogP contribution >= 0.6 is 34.8 Å². The van der Waals surface area contributed by atoms with Gasteiger partial charge in [0.2, 0.25) is 16.0 Å². The molecule has 9 nitrogen and oxygen atoms in total. The van der Waals surface area contributed by atoms with Crippen LogP contribution in [-0.4, -0.2) is 48.7 Å². The van der Waals surface area contributed by atoms with E-state index < -0.39 is 22.2 Å². The van der Waals surface area contributed by atoms with Crippen molar-refractivity contribution < 1.29 is 31.5 Å². The summed E-state index contributed by atoms with van der Waals surface area (Å²) in [6, 6.07) is 19.7. The van der Waals surface area contributed by atoms with Crippen LogP contribution in [0.4, 0.5) is 30.6 Å². The summed E-state index contributed by atoms with van der Waals surface area (Å²) in [7, 11) is -3.67. The Morgan fingerprint density at radius 1 is 0.848 bits per heavy atom. The predicted octanol–water partition coefficient (Wildman–Crippen LogP) is 8.16. The van der Waals surface area contributed by atoms with E-state index in [0.717, 1.165) is 54.6 Å². The normalized spacial score (nSPS) is 16.7. The Morgan fingerprint density at radius 2 is 1.41 bits per heavy atom. The van der Waals surface area contributed by atoms with Crippen molar-refractivity contribution in [3.8, 4) is 0 Å². The molecule has 5 rings (SSSR count). The van der Waals surface area contributed by atoms with Crippen LogP contribution < -0.4 is 15.4 Å². The third-order valence-electron chi connectivity index (χ3n) is 7.18. The molecule has 0 radical (unpaired) electrons. The van der Waals surface area contributed by atoms with Gasteiger partial charge in [-0.3, -0.25) is 0 Å². The lowest BCUT2D eigenvalue weighted by atomic mass is 9.82. The fourth-order valence-corrected chi connectivity index (χ4v) is 6.76. The number of carbonyl (C=O) groups is 1. The molecular formula is C30H29Cl3F3N5O4S. The number of hydrogen-bond acceptors (Lipinski definition) is 7. The second-order valence-corrected chi connectivity index (χ2v) is 13.6. The highest BCUT2D eigenvalue weighted by Gasteiger charge is 2.38. The first kappa shape index (κ1) is 35.5. The first-order valence-electron chi connectivity index (χ1n) is 14.0. The molecule has 1 aromatic heterocycles. The molecule has 0 bridgehead atoms. The minimum Gasteiger partial charge on any atom is -0.475 e. The zero-order valence-corrected chi connectivity index (χ0v) is 27.1. The number of anilines is 3. The van der Waals surface area contributed by atoms with E-state index in [1.807, 2.05) is 48.5 Å². The molecule has 0 saturated heterocycles. The minimum atomic E-state index is -5.08. The monoisotopic (exact) mass is 717 g/mol. The highest BCUT2D eigenvalue weighted by Crippen LogP contribution is 2.30. The van der Waals surface area contributed by atoms with E-state index in [1.165, 1.54) is 18.2 Å². The van der Waals surface area contributed by atoms with Crippen molar-refractivity contribution in [2.24, 2.45) is 11.8 Å². The number of aliphatic carboxylic acids is 1. The first-order valence-corrected chi connectivity index (χ1v) is 16.6. The highest BCUT2D eigenvalue weighted by molar-refractivity contribution is 7.89. The Morgan fingerprint density at radius 3 is 2.00 bits per heavy atom. The Balaban J connectivity index is 0.000000617. The lowest BCUT2D eigenvalue weighted by molar-refractivity contribution is -0.192. The molecule has 16 heteroatoms. The fourth-order valence-electron chi connectivity index (χ4n) is 4.79. The number of hydrogen-bond donors (Lipinski definition) is 4. The number of fused-ring (bicyclic) bond motifs is 1. The molecule has 0 aliphatic heterocycles. The van der Waals surface area contributed by atoms with E-state index >= 15 is 0 Å². The molecule has 1 aliphatic carbocycles. The highest BCUT2D eigenvalue weighted by atomic mass is 35.5. The van der Waals surface area contributed by atoms with Crippen LogP contribution in [-0.2, 0) is 14.8 Å². The molecule has 1 fully saturated rings. The summed E-state index contributed by atoms with van der Waals surface area (Å²) in [6.07, 6.45) is -1.22. The van der Waals surface area contributed by atoms with Gasteiger partial charge in [0, 0.05) is 39.2 Å². The molecule has 46 heavy (non-hydrogen) atoms. The maximum absolute atomic E-state index is 12.7. The van der Waals surface area contributed by atoms with Crippen molar-refractivity contribution in [2.45, 2.75) is 36.8 Å². The quantitative estimate of drug-likeness (QED) is 0.136. The molecule has 0 atom stereocenters.